The maximum atomic E-state index is 14.4. The van der Waals surface area contributed by atoms with Crippen molar-refractivity contribution in [3.8, 4) is 5.75 Å². The van der Waals surface area contributed by atoms with Crippen molar-refractivity contribution in [2.24, 2.45) is 33.8 Å². The summed E-state index contributed by atoms with van der Waals surface area (Å²) in [4.78, 5) is 117. The molecule has 2 aromatic carbocycles. The molecule has 0 aliphatic carbocycles. The number of benzene rings is 2. The van der Waals surface area contributed by atoms with Gasteiger partial charge in [0.05, 0.1) is 24.9 Å². The second-order valence-corrected chi connectivity index (χ2v) is 18.8. The van der Waals surface area contributed by atoms with E-state index >= 15 is 0 Å². The highest BCUT2D eigenvalue weighted by molar-refractivity contribution is 5.98. The van der Waals surface area contributed by atoms with Gasteiger partial charge in [0.1, 0.15) is 42.0 Å². The minimum Gasteiger partial charge on any atom is -0.508 e. The molecular formula is C48H72N14O11. The van der Waals surface area contributed by atoms with E-state index in [0.29, 0.717) is 12.0 Å². The largest absolute Gasteiger partial charge is 0.508 e. The molecule has 1 saturated heterocycles. The monoisotopic (exact) mass is 1020 g/mol. The predicted octanol–water partition coefficient (Wildman–Crippen LogP) is -1.99. The third-order valence-corrected chi connectivity index (χ3v) is 11.6. The third-order valence-electron chi connectivity index (χ3n) is 11.6. The summed E-state index contributed by atoms with van der Waals surface area (Å²) in [5.41, 5.74) is 27.4. The van der Waals surface area contributed by atoms with E-state index in [2.05, 4.69) is 42.0 Å². The van der Waals surface area contributed by atoms with Crippen molar-refractivity contribution in [1.29, 1.82) is 0 Å². The van der Waals surface area contributed by atoms with Gasteiger partial charge in [-0.2, -0.15) is 0 Å². The fraction of sp³-hybridized carbons (Fsp3) is 0.521. The van der Waals surface area contributed by atoms with Crippen molar-refractivity contribution >= 4 is 64.2 Å². The van der Waals surface area contributed by atoms with Gasteiger partial charge in [0.25, 0.3) is 5.91 Å². The lowest BCUT2D eigenvalue weighted by atomic mass is 10.0. The Kier molecular flexibility index (Phi) is 21.1. The lowest BCUT2D eigenvalue weighted by molar-refractivity contribution is -0.142. The van der Waals surface area contributed by atoms with Crippen LogP contribution in [0, 0.1) is 5.92 Å². The highest BCUT2D eigenvalue weighted by Gasteiger charge is 2.39. The number of aliphatic hydroxyl groups is 1. The quantitative estimate of drug-likeness (QED) is 0.0189. The van der Waals surface area contributed by atoms with E-state index in [9.17, 15) is 48.6 Å². The molecule has 2 heterocycles. The van der Waals surface area contributed by atoms with E-state index in [1.54, 1.807) is 33.9 Å². The van der Waals surface area contributed by atoms with Gasteiger partial charge in [0.15, 0.2) is 5.96 Å². The van der Waals surface area contributed by atoms with Crippen LogP contribution in [0.1, 0.15) is 79.2 Å². The SMILES string of the molecule is [2H]CC(C)(C)OC[C@H](NC(=O)[C@H](Cc1ccc(O)cc1)NC(=O)[C@H](CO)NC(=O)[C@@H](N)Cc1c[nH]c2ccccc12)C(=O)N[C@@H](CC(C)C)C(=O)N[C@@H](CCCN=C(N)N)C(=O)N1CCC[C@H]1C(=O)NNC(N)=O. The Labute approximate surface area is 424 Å². The Balaban J connectivity index is 1.58. The molecule has 1 aliphatic heterocycles. The lowest BCUT2D eigenvalue weighted by Crippen LogP contribution is -2.61. The minimum absolute atomic E-state index is 0.00439. The Bertz CT molecular complexity index is 2450. The molecule has 0 bridgehead atoms. The van der Waals surface area contributed by atoms with E-state index in [1.807, 2.05) is 29.7 Å². The molecule has 0 unspecified atom stereocenters. The topological polar surface area (TPSA) is 406 Å². The van der Waals surface area contributed by atoms with Gasteiger partial charge >= 0.3 is 6.03 Å². The number of nitrogens with one attached hydrogen (secondary N) is 8. The number of primary amides is 1. The Morgan fingerprint density at radius 3 is 2.11 bits per heavy atom. The summed E-state index contributed by atoms with van der Waals surface area (Å²) in [6.07, 6.45) is 2.47. The molecule has 0 radical (unpaired) electrons. The number of aliphatic hydroxyl groups excluding tert-OH is 1. The Morgan fingerprint density at radius 2 is 1.45 bits per heavy atom. The minimum atomic E-state index is -1.59. The molecule has 400 valence electrons. The van der Waals surface area contributed by atoms with E-state index in [-0.39, 0.29) is 76.1 Å². The summed E-state index contributed by atoms with van der Waals surface area (Å²) < 4.78 is 13.9. The normalized spacial score (nSPS) is 16.1. The molecule has 25 heteroatoms. The number of carbonyl (C=O) groups excluding carboxylic acids is 8. The first-order valence-corrected chi connectivity index (χ1v) is 23.9. The van der Waals surface area contributed by atoms with Crippen molar-refractivity contribution in [2.75, 3.05) is 26.3 Å². The van der Waals surface area contributed by atoms with Crippen LogP contribution in [0.3, 0.4) is 0 Å². The molecule has 3 aromatic rings. The molecule has 0 saturated carbocycles. The zero-order valence-electron chi connectivity index (χ0n) is 42.6. The van der Waals surface area contributed by atoms with Crippen LogP contribution in [-0.4, -0.2) is 148 Å². The summed E-state index contributed by atoms with van der Waals surface area (Å²) >= 11 is 0. The number of rotatable bonds is 25. The number of likely N-dealkylation sites (tertiary alicyclic amines) is 1. The van der Waals surface area contributed by atoms with E-state index in [4.69, 9.17) is 29.0 Å². The number of hydrogen-bond donors (Lipinski definition) is 14. The molecule has 73 heavy (non-hydrogen) atoms. The van der Waals surface area contributed by atoms with Crippen LogP contribution in [0.15, 0.2) is 59.7 Å². The Morgan fingerprint density at radius 1 is 0.836 bits per heavy atom. The first-order valence-electron chi connectivity index (χ1n) is 24.6. The van der Waals surface area contributed by atoms with Crippen molar-refractivity contribution < 1.29 is 54.7 Å². The standard InChI is InChI=1S/C48H72N14O11/c1-26(2)20-34(40(66)55-33(12-8-18-53-46(50)51)45(71)62-19-9-13-38(62)44(70)60-61-47(52)72)56-43(69)37(25-73-48(3,4)5)59-41(67)35(21-27-14-16-29(64)17-15-27)57-42(68)36(24-63)58-39(65)31(49)22-28-23-54-32-11-7-6-10-30(28)32/h6-7,10-11,14-17,23,26,31,33-38,54,63-64H,8-9,12-13,18-22,24-25,49H2,1-5H3,(H,55,66)(H,56,69)(H,57,68)(H,58,65)(H,59,67)(H,60,70)(H4,50,51,53)(H3,52,61,72)/t31-,33-,34-,35-,36-,37-,38-/m0/s1/i3D. The smallest absolute Gasteiger partial charge is 0.330 e. The zero-order chi connectivity index (χ0) is 54.7. The van der Waals surface area contributed by atoms with Crippen LogP contribution in [0.5, 0.6) is 5.75 Å². The van der Waals surface area contributed by atoms with Crippen LogP contribution in [0.4, 0.5) is 4.79 Å². The van der Waals surface area contributed by atoms with Crippen molar-refractivity contribution in [1.82, 2.24) is 47.3 Å². The molecular weight excluding hydrogens is 949 g/mol. The van der Waals surface area contributed by atoms with Crippen LogP contribution in [-0.2, 0) is 51.1 Å². The number of aliphatic imine (C=N–C) groups is 1. The highest BCUT2D eigenvalue weighted by atomic mass is 16.5. The zero-order valence-corrected chi connectivity index (χ0v) is 41.6. The van der Waals surface area contributed by atoms with Crippen molar-refractivity contribution in [3.63, 3.8) is 0 Å². The number of phenols is 1. The number of urea groups is 1. The number of nitrogens with zero attached hydrogens (tertiary/aromatic N) is 2. The number of aromatic hydroxyl groups is 1. The third kappa shape index (κ3) is 18.6. The fourth-order valence-electron chi connectivity index (χ4n) is 7.93. The van der Waals surface area contributed by atoms with Gasteiger partial charge < -0.3 is 74.4 Å². The number of ether oxygens (including phenoxy) is 1. The maximum Gasteiger partial charge on any atom is 0.330 e. The lowest BCUT2D eigenvalue weighted by Gasteiger charge is -2.31. The molecule has 25 nitrogen and oxygen atoms in total. The van der Waals surface area contributed by atoms with Gasteiger partial charge in [-0.05, 0) is 94.5 Å². The molecule has 1 aromatic heterocycles. The molecule has 1 fully saturated rings. The molecule has 18 N–H and O–H groups in total. The molecule has 1 aliphatic rings. The number of guanidine groups is 1. The van der Waals surface area contributed by atoms with Gasteiger partial charge in [-0.15, -0.1) is 0 Å². The van der Waals surface area contributed by atoms with E-state index < -0.39 is 108 Å². The van der Waals surface area contributed by atoms with Gasteiger partial charge in [0, 0.05) is 38.0 Å². The number of hydrogen-bond acceptors (Lipinski definition) is 13. The summed E-state index contributed by atoms with van der Waals surface area (Å²) in [5, 5.41) is 34.2. The number of nitrogens with two attached hydrogens (primary N) is 4. The molecule has 9 amide bonds. The first kappa shape index (κ1) is 56.4. The van der Waals surface area contributed by atoms with Gasteiger partial charge in [0.2, 0.25) is 35.4 Å². The van der Waals surface area contributed by atoms with Gasteiger partial charge in [-0.25, -0.2) is 10.2 Å². The number of aromatic amines is 1. The summed E-state index contributed by atoms with van der Waals surface area (Å²) in [7, 11) is 0. The number of fused-ring (bicyclic) bond motifs is 1. The Hall–Kier alpha value is -7.51. The fourth-order valence-corrected chi connectivity index (χ4v) is 7.93. The summed E-state index contributed by atoms with van der Waals surface area (Å²) in [5.74, 6) is -6.26. The van der Waals surface area contributed by atoms with E-state index in [1.165, 1.54) is 29.2 Å². The number of aromatic nitrogens is 1. The highest BCUT2D eigenvalue weighted by Crippen LogP contribution is 2.21. The molecule has 7 atom stereocenters. The summed E-state index contributed by atoms with van der Waals surface area (Å²) in [6.45, 7) is 5.28. The van der Waals surface area contributed by atoms with Crippen LogP contribution in [0.25, 0.3) is 10.9 Å². The predicted molar refractivity (Wildman–Crippen MR) is 269 cm³/mol. The average molecular weight is 1020 g/mol. The van der Waals surface area contributed by atoms with Crippen molar-refractivity contribution in [3.05, 3.63) is 65.9 Å². The number of para-hydroxylation sites is 1. The van der Waals surface area contributed by atoms with Crippen LogP contribution < -0.4 is 60.4 Å². The van der Waals surface area contributed by atoms with Gasteiger partial charge in [-0.1, -0.05) is 44.2 Å². The number of carbonyl (C=O) groups is 8. The molecule has 4 rings (SSSR count). The number of hydrazine groups is 1. The maximum absolute atomic E-state index is 14.4. The molecule has 0 spiro atoms. The van der Waals surface area contributed by atoms with Gasteiger partial charge in [-0.3, -0.25) is 44.0 Å². The first-order chi connectivity index (χ1) is 35.0. The van der Waals surface area contributed by atoms with E-state index in [0.717, 1.165) is 16.5 Å². The number of amides is 9. The summed E-state index contributed by atoms with van der Waals surface area (Å²) in [6, 6.07) is 2.65. The van der Waals surface area contributed by atoms with Crippen LogP contribution >= 0.6 is 0 Å². The van der Waals surface area contributed by atoms with Crippen LogP contribution in [0.2, 0.25) is 0 Å². The van der Waals surface area contributed by atoms with Crippen molar-refractivity contribution in [2.45, 2.75) is 127 Å². The second-order valence-electron chi connectivity index (χ2n) is 18.8. The number of phenolic OH excluding ortho intramolecular Hbond substituents is 1. The second kappa shape index (κ2) is 27.4. The average Bonchev–Trinajstić information content (AvgIpc) is 4.02. The number of H-pyrrole nitrogens is 1.